The molecule has 0 aromatic carbocycles. The Morgan fingerprint density at radius 2 is 2.06 bits per heavy atom. The van der Waals surface area contributed by atoms with Gasteiger partial charge >= 0.3 is 6.18 Å². The van der Waals surface area contributed by atoms with Crippen LogP contribution in [0.5, 0.6) is 0 Å². The van der Waals surface area contributed by atoms with E-state index in [4.69, 9.17) is 0 Å². The minimum Gasteiger partial charge on any atom is -0.351 e. The number of pyridine rings is 1. The number of carbonyl (C=O) groups excluding carboxylic acids is 1. The van der Waals surface area contributed by atoms with Gasteiger partial charge in [-0.3, -0.25) is 4.79 Å². The average Bonchev–Trinajstić information content (AvgIpc) is 3.41. The molecule has 0 aliphatic heterocycles. The number of halogens is 3. The van der Waals surface area contributed by atoms with Crippen molar-refractivity contribution in [2.24, 2.45) is 5.92 Å². The van der Waals surface area contributed by atoms with E-state index in [2.05, 4.69) is 32.3 Å². The summed E-state index contributed by atoms with van der Waals surface area (Å²) in [5, 5.41) is 10.2. The first-order valence-electron chi connectivity index (χ1n) is 10.7. The second-order valence-electron chi connectivity index (χ2n) is 8.47. The zero-order chi connectivity index (χ0) is 23.3. The van der Waals surface area contributed by atoms with Crippen LogP contribution in [0.15, 0.2) is 36.9 Å². The molecular weight excluding hydrogens is 435 g/mol. The number of anilines is 1. The van der Waals surface area contributed by atoms with Gasteiger partial charge in [0.2, 0.25) is 5.95 Å². The summed E-state index contributed by atoms with van der Waals surface area (Å²) >= 11 is 0. The molecule has 1 saturated carbocycles. The molecule has 11 heteroatoms. The third-order valence-electron chi connectivity index (χ3n) is 6.03. The molecule has 1 unspecified atom stereocenters. The van der Waals surface area contributed by atoms with Gasteiger partial charge in [0.15, 0.2) is 0 Å². The van der Waals surface area contributed by atoms with Crippen molar-refractivity contribution in [3.8, 4) is 11.1 Å². The zero-order valence-electron chi connectivity index (χ0n) is 17.9. The number of fused-ring (bicyclic) bond motifs is 2. The van der Waals surface area contributed by atoms with E-state index in [-0.39, 0.29) is 5.56 Å². The first-order chi connectivity index (χ1) is 15.7. The number of nitrogens with one attached hydrogen (secondary N) is 3. The van der Waals surface area contributed by atoms with E-state index >= 15 is 0 Å². The number of nitrogens with zero attached hydrogens (tertiary/aromatic N) is 4. The minimum absolute atomic E-state index is 0.0598. The van der Waals surface area contributed by atoms with Gasteiger partial charge in [0.1, 0.15) is 11.7 Å². The molecule has 0 bridgehead atoms. The predicted molar refractivity (Wildman–Crippen MR) is 117 cm³/mol. The van der Waals surface area contributed by atoms with Crippen LogP contribution in [0, 0.1) is 5.92 Å². The SMILES string of the molecule is CC(NC(=O)c1cnn2ccc(-c3c[nH]c4nc(N[C@H](C)C5CC5)ncc34)cc12)C(F)(F)F. The second-order valence-corrected chi connectivity index (χ2v) is 8.47. The molecule has 4 aromatic rings. The van der Waals surface area contributed by atoms with E-state index in [0.29, 0.717) is 29.1 Å². The molecule has 1 aliphatic rings. The lowest BCUT2D eigenvalue weighted by Gasteiger charge is -2.16. The molecule has 0 saturated heterocycles. The van der Waals surface area contributed by atoms with Crippen LogP contribution in [0.25, 0.3) is 27.7 Å². The number of alkyl halides is 3. The lowest BCUT2D eigenvalue weighted by atomic mass is 10.1. The van der Waals surface area contributed by atoms with Crippen LogP contribution in [0.2, 0.25) is 0 Å². The third kappa shape index (κ3) is 4.10. The molecule has 0 spiro atoms. The van der Waals surface area contributed by atoms with Crippen molar-refractivity contribution in [2.75, 3.05) is 5.32 Å². The minimum atomic E-state index is -4.53. The average molecular weight is 457 g/mol. The van der Waals surface area contributed by atoms with Crippen LogP contribution in [-0.2, 0) is 0 Å². The molecule has 0 radical (unpaired) electrons. The highest BCUT2D eigenvalue weighted by atomic mass is 19.4. The lowest BCUT2D eigenvalue weighted by Crippen LogP contribution is -2.43. The van der Waals surface area contributed by atoms with Crippen molar-refractivity contribution in [2.45, 2.75) is 44.9 Å². The largest absolute Gasteiger partial charge is 0.408 e. The van der Waals surface area contributed by atoms with E-state index in [1.807, 2.05) is 11.4 Å². The van der Waals surface area contributed by atoms with Gasteiger partial charge in [-0.15, -0.1) is 0 Å². The molecule has 5 rings (SSSR count). The van der Waals surface area contributed by atoms with E-state index in [1.165, 1.54) is 23.6 Å². The monoisotopic (exact) mass is 457 g/mol. The van der Waals surface area contributed by atoms with Gasteiger partial charge in [-0.25, -0.2) is 9.50 Å². The Hall–Kier alpha value is -3.63. The Balaban J connectivity index is 1.45. The fraction of sp³-hybridized carbons (Fsp3) is 0.364. The Bertz CT molecular complexity index is 1340. The second kappa shape index (κ2) is 7.75. The fourth-order valence-corrected chi connectivity index (χ4v) is 3.81. The van der Waals surface area contributed by atoms with Gasteiger partial charge in [0, 0.05) is 35.6 Å². The molecule has 33 heavy (non-hydrogen) atoms. The van der Waals surface area contributed by atoms with Gasteiger partial charge in [0.25, 0.3) is 5.91 Å². The maximum absolute atomic E-state index is 12.8. The summed E-state index contributed by atoms with van der Waals surface area (Å²) in [6.45, 7) is 3.02. The Morgan fingerprint density at radius 1 is 1.27 bits per heavy atom. The Labute approximate surface area is 186 Å². The van der Waals surface area contributed by atoms with Crippen molar-refractivity contribution in [1.29, 1.82) is 0 Å². The third-order valence-corrected chi connectivity index (χ3v) is 6.03. The van der Waals surface area contributed by atoms with Crippen molar-refractivity contribution in [3.05, 3.63) is 42.5 Å². The van der Waals surface area contributed by atoms with Gasteiger partial charge in [-0.1, -0.05) is 0 Å². The highest BCUT2D eigenvalue weighted by molar-refractivity contribution is 6.02. The predicted octanol–water partition coefficient (Wildman–Crippen LogP) is 4.16. The smallest absolute Gasteiger partial charge is 0.351 e. The summed E-state index contributed by atoms with van der Waals surface area (Å²) in [4.78, 5) is 24.6. The van der Waals surface area contributed by atoms with E-state index in [9.17, 15) is 18.0 Å². The standard InChI is InChI=1S/C22H22F3N7O/c1-11(13-3-4-13)29-21-27-9-16-15(8-26-19(16)31-21)14-5-6-32-18(7-14)17(10-28-32)20(33)30-12(2)22(23,24)25/h5-13H,3-4H2,1-2H3,(H,30,33)(H2,26,27,29,31)/t11-,12?/m1/s1. The first kappa shape index (κ1) is 21.2. The summed E-state index contributed by atoms with van der Waals surface area (Å²) < 4.78 is 40.0. The van der Waals surface area contributed by atoms with Crippen LogP contribution in [0.3, 0.4) is 0 Å². The van der Waals surface area contributed by atoms with Crippen molar-refractivity contribution in [1.82, 2.24) is 29.9 Å². The summed E-state index contributed by atoms with van der Waals surface area (Å²) in [6, 6.07) is 1.86. The molecule has 2 atom stereocenters. The number of carbonyl (C=O) groups is 1. The maximum atomic E-state index is 12.8. The van der Waals surface area contributed by atoms with E-state index in [0.717, 1.165) is 23.4 Å². The van der Waals surface area contributed by atoms with Crippen molar-refractivity contribution >= 4 is 28.4 Å². The molecule has 3 N–H and O–H groups in total. The molecule has 4 aromatic heterocycles. The van der Waals surface area contributed by atoms with Crippen molar-refractivity contribution in [3.63, 3.8) is 0 Å². The molecule has 8 nitrogen and oxygen atoms in total. The number of aromatic nitrogens is 5. The topological polar surface area (TPSA) is 100 Å². The number of amides is 1. The number of aromatic amines is 1. The Kier molecular flexibility index (Phi) is 4.98. The van der Waals surface area contributed by atoms with Crippen LogP contribution >= 0.6 is 0 Å². The molecule has 1 aliphatic carbocycles. The zero-order valence-corrected chi connectivity index (χ0v) is 17.9. The Morgan fingerprint density at radius 3 is 2.79 bits per heavy atom. The highest BCUT2D eigenvalue weighted by Crippen LogP contribution is 2.34. The molecule has 172 valence electrons. The highest BCUT2D eigenvalue weighted by Gasteiger charge is 2.37. The summed E-state index contributed by atoms with van der Waals surface area (Å²) in [7, 11) is 0. The van der Waals surface area contributed by atoms with Gasteiger partial charge in [0.05, 0.1) is 17.3 Å². The van der Waals surface area contributed by atoms with Gasteiger partial charge in [-0.2, -0.15) is 23.3 Å². The molecular formula is C22H22F3N7O. The number of H-pyrrole nitrogens is 1. The summed E-state index contributed by atoms with van der Waals surface area (Å²) in [5.41, 5.74) is 2.68. The molecule has 4 heterocycles. The van der Waals surface area contributed by atoms with Crippen LogP contribution < -0.4 is 10.6 Å². The first-order valence-corrected chi connectivity index (χ1v) is 10.7. The van der Waals surface area contributed by atoms with Crippen molar-refractivity contribution < 1.29 is 18.0 Å². The molecule has 1 amide bonds. The number of rotatable bonds is 6. The summed E-state index contributed by atoms with van der Waals surface area (Å²) in [6.07, 6.45) is 4.34. The fourth-order valence-electron chi connectivity index (χ4n) is 3.81. The van der Waals surface area contributed by atoms with E-state index < -0.39 is 18.1 Å². The van der Waals surface area contributed by atoms with E-state index in [1.54, 1.807) is 24.7 Å². The molecule has 1 fully saturated rings. The van der Waals surface area contributed by atoms with Crippen LogP contribution in [0.4, 0.5) is 19.1 Å². The summed E-state index contributed by atoms with van der Waals surface area (Å²) in [5.74, 6) is 0.380. The van der Waals surface area contributed by atoms with Crippen LogP contribution in [-0.4, -0.2) is 48.7 Å². The number of hydrogen-bond acceptors (Lipinski definition) is 5. The van der Waals surface area contributed by atoms with Crippen LogP contribution in [0.1, 0.15) is 37.0 Å². The van der Waals surface area contributed by atoms with Gasteiger partial charge in [-0.05, 0) is 50.3 Å². The quantitative estimate of drug-likeness (QED) is 0.404. The maximum Gasteiger partial charge on any atom is 0.408 e. The van der Waals surface area contributed by atoms with Gasteiger partial charge < -0.3 is 15.6 Å². The number of hydrogen-bond donors (Lipinski definition) is 3. The lowest BCUT2D eigenvalue weighted by molar-refractivity contribution is -0.149. The normalized spacial score (nSPS) is 16.2.